The molecule has 0 aliphatic carbocycles. The molecule has 3 rings (SSSR count). The summed E-state index contributed by atoms with van der Waals surface area (Å²) in [6.45, 7) is 10.5. The van der Waals surface area contributed by atoms with Gasteiger partial charge in [-0.3, -0.25) is 0 Å². The van der Waals surface area contributed by atoms with Crippen LogP contribution in [0, 0.1) is 11.3 Å². The fourth-order valence-electron chi connectivity index (χ4n) is 3.23. The quantitative estimate of drug-likeness (QED) is 0.930. The molecule has 0 spiro atoms. The van der Waals surface area contributed by atoms with E-state index in [9.17, 15) is 0 Å². The van der Waals surface area contributed by atoms with Crippen molar-refractivity contribution in [3.8, 4) is 11.5 Å². The molecule has 21 heavy (non-hydrogen) atoms. The number of fused-ring (bicyclic) bond motifs is 1. The highest BCUT2D eigenvalue weighted by Gasteiger charge is 2.32. The van der Waals surface area contributed by atoms with Gasteiger partial charge in [-0.1, -0.05) is 26.8 Å². The lowest BCUT2D eigenvalue weighted by atomic mass is 9.80. The minimum Gasteiger partial charge on any atom is -0.454 e. The standard InChI is InChI=1S/C17H26N2O2/c1-17(2,3)13-6-7-19(9-13)10-14(18)12-4-5-15-16(8-12)21-11-20-15/h4-5,8,13-14H,6-7,9-11,18H2,1-3H3. The molecule has 116 valence electrons. The fourth-order valence-corrected chi connectivity index (χ4v) is 3.23. The number of hydrogen-bond donors (Lipinski definition) is 1. The lowest BCUT2D eigenvalue weighted by Gasteiger charge is -2.28. The fraction of sp³-hybridized carbons (Fsp3) is 0.647. The van der Waals surface area contributed by atoms with Crippen molar-refractivity contribution in [3.05, 3.63) is 23.8 Å². The van der Waals surface area contributed by atoms with Crippen LogP contribution >= 0.6 is 0 Å². The molecule has 0 aromatic heterocycles. The van der Waals surface area contributed by atoms with Gasteiger partial charge in [-0.25, -0.2) is 0 Å². The van der Waals surface area contributed by atoms with E-state index in [1.54, 1.807) is 0 Å². The van der Waals surface area contributed by atoms with Crippen molar-refractivity contribution in [1.29, 1.82) is 0 Å². The Bertz CT molecular complexity index is 510. The summed E-state index contributed by atoms with van der Waals surface area (Å²) in [7, 11) is 0. The van der Waals surface area contributed by atoms with Gasteiger partial charge in [0.05, 0.1) is 0 Å². The van der Waals surface area contributed by atoms with Crippen LogP contribution in [0.3, 0.4) is 0 Å². The summed E-state index contributed by atoms with van der Waals surface area (Å²) >= 11 is 0. The van der Waals surface area contributed by atoms with Crippen LogP contribution in [-0.2, 0) is 0 Å². The maximum atomic E-state index is 6.39. The first-order valence-corrected chi connectivity index (χ1v) is 7.81. The predicted molar refractivity (Wildman–Crippen MR) is 83.5 cm³/mol. The minimum absolute atomic E-state index is 0.0261. The summed E-state index contributed by atoms with van der Waals surface area (Å²) in [6.07, 6.45) is 1.28. The van der Waals surface area contributed by atoms with Crippen LogP contribution in [0.4, 0.5) is 0 Å². The largest absolute Gasteiger partial charge is 0.454 e. The van der Waals surface area contributed by atoms with Crippen LogP contribution in [0.5, 0.6) is 11.5 Å². The van der Waals surface area contributed by atoms with E-state index in [1.165, 1.54) is 6.42 Å². The summed E-state index contributed by atoms with van der Waals surface area (Å²) in [5.41, 5.74) is 7.90. The van der Waals surface area contributed by atoms with Crippen LogP contribution in [-0.4, -0.2) is 31.3 Å². The lowest BCUT2D eigenvalue weighted by molar-refractivity contribution is 0.174. The normalized spacial score (nSPS) is 23.5. The number of rotatable bonds is 3. The first-order valence-electron chi connectivity index (χ1n) is 7.81. The Hall–Kier alpha value is -1.26. The summed E-state index contributed by atoms with van der Waals surface area (Å²) in [5, 5.41) is 0. The second kappa shape index (κ2) is 5.50. The maximum absolute atomic E-state index is 6.39. The molecule has 2 heterocycles. The van der Waals surface area contributed by atoms with Crippen molar-refractivity contribution < 1.29 is 9.47 Å². The van der Waals surface area contributed by atoms with Crippen molar-refractivity contribution >= 4 is 0 Å². The smallest absolute Gasteiger partial charge is 0.231 e. The van der Waals surface area contributed by atoms with Gasteiger partial charge in [0, 0.05) is 19.1 Å². The highest BCUT2D eigenvalue weighted by molar-refractivity contribution is 5.45. The van der Waals surface area contributed by atoms with Crippen molar-refractivity contribution in [3.63, 3.8) is 0 Å². The Morgan fingerprint density at radius 3 is 2.76 bits per heavy atom. The summed E-state index contributed by atoms with van der Waals surface area (Å²) in [5.74, 6) is 2.40. The van der Waals surface area contributed by atoms with Gasteiger partial charge < -0.3 is 20.1 Å². The number of likely N-dealkylation sites (tertiary alicyclic amines) is 1. The third-order valence-corrected chi connectivity index (χ3v) is 4.78. The first-order chi connectivity index (χ1) is 9.93. The molecular formula is C17H26N2O2. The van der Waals surface area contributed by atoms with E-state index in [-0.39, 0.29) is 6.04 Å². The number of hydrogen-bond acceptors (Lipinski definition) is 4. The van der Waals surface area contributed by atoms with Gasteiger partial charge in [0.15, 0.2) is 11.5 Å². The summed E-state index contributed by atoms with van der Waals surface area (Å²) in [4.78, 5) is 2.49. The first kappa shape index (κ1) is 14.7. The topological polar surface area (TPSA) is 47.7 Å². The zero-order chi connectivity index (χ0) is 15.0. The molecule has 4 nitrogen and oxygen atoms in total. The molecule has 2 atom stereocenters. The Morgan fingerprint density at radius 1 is 1.29 bits per heavy atom. The second-order valence-electron chi connectivity index (χ2n) is 7.33. The van der Waals surface area contributed by atoms with Gasteiger partial charge >= 0.3 is 0 Å². The van der Waals surface area contributed by atoms with E-state index in [1.807, 2.05) is 12.1 Å². The molecule has 0 radical (unpaired) electrons. The number of benzene rings is 1. The zero-order valence-corrected chi connectivity index (χ0v) is 13.3. The van der Waals surface area contributed by atoms with Gasteiger partial charge in [0.25, 0.3) is 0 Å². The molecule has 2 N–H and O–H groups in total. The van der Waals surface area contributed by atoms with Gasteiger partial charge in [0.1, 0.15) is 0 Å². The Labute approximate surface area is 127 Å². The third-order valence-electron chi connectivity index (χ3n) is 4.78. The Kier molecular flexibility index (Phi) is 3.84. The third kappa shape index (κ3) is 3.16. The summed E-state index contributed by atoms with van der Waals surface area (Å²) in [6, 6.07) is 6.05. The van der Waals surface area contributed by atoms with E-state index < -0.39 is 0 Å². The Balaban J connectivity index is 1.61. The predicted octanol–water partition coefficient (Wildman–Crippen LogP) is 2.78. The highest BCUT2D eigenvalue weighted by atomic mass is 16.7. The van der Waals surface area contributed by atoms with E-state index in [2.05, 4.69) is 31.7 Å². The van der Waals surface area contributed by atoms with Gasteiger partial charge in [-0.05, 0) is 42.0 Å². The van der Waals surface area contributed by atoms with Crippen LogP contribution in [0.1, 0.15) is 38.8 Å². The lowest BCUT2D eigenvalue weighted by Crippen LogP contribution is -2.32. The highest BCUT2D eigenvalue weighted by Crippen LogP contribution is 2.36. The van der Waals surface area contributed by atoms with Crippen molar-refractivity contribution in [2.45, 2.75) is 33.2 Å². The average molecular weight is 290 g/mol. The average Bonchev–Trinajstić information content (AvgIpc) is 3.04. The molecule has 0 saturated carbocycles. The van der Waals surface area contributed by atoms with Gasteiger partial charge in [0.2, 0.25) is 6.79 Å². The van der Waals surface area contributed by atoms with E-state index in [0.29, 0.717) is 12.2 Å². The molecule has 2 aliphatic rings. The van der Waals surface area contributed by atoms with E-state index in [4.69, 9.17) is 15.2 Å². The number of ether oxygens (including phenoxy) is 2. The second-order valence-corrected chi connectivity index (χ2v) is 7.33. The van der Waals surface area contributed by atoms with Crippen molar-refractivity contribution in [2.24, 2.45) is 17.1 Å². The molecular weight excluding hydrogens is 264 g/mol. The molecule has 1 aromatic rings. The zero-order valence-electron chi connectivity index (χ0n) is 13.3. The molecule has 2 aliphatic heterocycles. The molecule has 1 aromatic carbocycles. The summed E-state index contributed by atoms with van der Waals surface area (Å²) < 4.78 is 10.8. The van der Waals surface area contributed by atoms with Crippen LogP contribution in [0.15, 0.2) is 18.2 Å². The van der Waals surface area contributed by atoms with E-state index >= 15 is 0 Å². The van der Waals surface area contributed by atoms with Crippen molar-refractivity contribution in [1.82, 2.24) is 4.90 Å². The number of nitrogens with zero attached hydrogens (tertiary/aromatic N) is 1. The van der Waals surface area contributed by atoms with Crippen molar-refractivity contribution in [2.75, 3.05) is 26.4 Å². The van der Waals surface area contributed by atoms with Gasteiger partial charge in [-0.15, -0.1) is 0 Å². The Morgan fingerprint density at radius 2 is 2.05 bits per heavy atom. The molecule has 4 heteroatoms. The number of nitrogens with two attached hydrogens (primary N) is 1. The SMILES string of the molecule is CC(C)(C)C1CCN(CC(N)c2ccc3c(c2)OCO3)C1. The van der Waals surface area contributed by atoms with E-state index in [0.717, 1.165) is 42.6 Å². The minimum atomic E-state index is 0.0261. The maximum Gasteiger partial charge on any atom is 0.231 e. The molecule has 2 unspecified atom stereocenters. The van der Waals surface area contributed by atoms with Crippen LogP contribution < -0.4 is 15.2 Å². The monoisotopic (exact) mass is 290 g/mol. The van der Waals surface area contributed by atoms with Crippen LogP contribution in [0.2, 0.25) is 0 Å². The molecule has 1 saturated heterocycles. The molecule has 0 bridgehead atoms. The van der Waals surface area contributed by atoms with Crippen LogP contribution in [0.25, 0.3) is 0 Å². The molecule has 0 amide bonds. The van der Waals surface area contributed by atoms with Gasteiger partial charge in [-0.2, -0.15) is 0 Å². The molecule has 1 fully saturated rings.